The summed E-state index contributed by atoms with van der Waals surface area (Å²) in [5, 5.41) is 0. The number of carbonyl (C=O) groups excluding carboxylic acids is 4. The van der Waals surface area contributed by atoms with Crippen LogP contribution in [0.3, 0.4) is 0 Å². The predicted molar refractivity (Wildman–Crippen MR) is 254 cm³/mol. The molecule has 0 saturated carbocycles. The summed E-state index contributed by atoms with van der Waals surface area (Å²) in [4.78, 5) is 53.6. The predicted octanol–water partition coefficient (Wildman–Crippen LogP) is 13.0. The Labute approximate surface area is 392 Å². The summed E-state index contributed by atoms with van der Waals surface area (Å²) in [6, 6.07) is 49.7. The van der Waals surface area contributed by atoms with Crippen LogP contribution in [0.4, 0.5) is 0 Å². The van der Waals surface area contributed by atoms with Crippen molar-refractivity contribution in [2.75, 3.05) is 0 Å². The maximum atomic E-state index is 13.4. The van der Waals surface area contributed by atoms with Gasteiger partial charge in [-0.05, 0) is 100 Å². The van der Waals surface area contributed by atoms with Gasteiger partial charge in [0.25, 0.3) is 0 Å². The van der Waals surface area contributed by atoms with E-state index in [4.69, 9.17) is 28.4 Å². The van der Waals surface area contributed by atoms with E-state index in [1.54, 1.807) is 121 Å². The van der Waals surface area contributed by atoms with E-state index in [9.17, 15) is 19.2 Å². The first-order chi connectivity index (χ1) is 32.9. The highest BCUT2D eigenvalue weighted by Gasteiger charge is 2.41. The zero-order valence-corrected chi connectivity index (χ0v) is 37.4. The number of hydrogen-bond donors (Lipinski definition) is 0. The fourth-order valence-corrected chi connectivity index (χ4v) is 8.74. The zero-order chi connectivity index (χ0) is 47.1. The molecule has 0 N–H and O–H groups in total. The second-order valence-corrected chi connectivity index (χ2v) is 17.0. The average molecular weight is 899 g/mol. The summed E-state index contributed by atoms with van der Waals surface area (Å²) in [6.45, 7) is 7.60. The Bertz CT molecular complexity index is 2910. The van der Waals surface area contributed by atoms with Gasteiger partial charge in [-0.3, -0.25) is 0 Å². The lowest BCUT2D eigenvalue weighted by Crippen LogP contribution is -2.22. The van der Waals surface area contributed by atoms with E-state index in [0.717, 1.165) is 44.5 Å². The molecule has 8 aromatic rings. The molecule has 0 aromatic heterocycles. The lowest BCUT2D eigenvalue weighted by atomic mass is 9.71. The average Bonchev–Trinajstić information content (AvgIpc) is 3.32. The van der Waals surface area contributed by atoms with Crippen LogP contribution in [0.15, 0.2) is 170 Å². The quantitative estimate of drug-likeness (QED) is 0.102. The first-order valence-corrected chi connectivity index (χ1v) is 22.0. The van der Waals surface area contributed by atoms with Crippen LogP contribution in [-0.2, 0) is 0 Å². The van der Waals surface area contributed by atoms with Crippen LogP contribution in [0.1, 0.15) is 97.8 Å². The molecular formula is C58H42O10. The number of ether oxygens (including phenoxy) is 6. The molecule has 10 heteroatoms. The summed E-state index contributed by atoms with van der Waals surface area (Å²) in [6.07, 6.45) is 0. The van der Waals surface area contributed by atoms with Gasteiger partial charge in [0.2, 0.25) is 0 Å². The topological polar surface area (TPSA) is 124 Å². The van der Waals surface area contributed by atoms with Crippen LogP contribution < -0.4 is 28.4 Å². The van der Waals surface area contributed by atoms with E-state index in [0.29, 0.717) is 45.3 Å². The molecule has 2 aliphatic heterocycles. The van der Waals surface area contributed by atoms with Gasteiger partial charge >= 0.3 is 23.9 Å². The van der Waals surface area contributed by atoms with Gasteiger partial charge < -0.3 is 28.4 Å². The summed E-state index contributed by atoms with van der Waals surface area (Å²) in [5.41, 5.74) is 8.27. The Morgan fingerprint density at radius 2 is 0.559 bits per heavy atom. The van der Waals surface area contributed by atoms with E-state index in [1.165, 1.54) is 0 Å². The molecule has 0 saturated heterocycles. The zero-order valence-electron chi connectivity index (χ0n) is 37.4. The van der Waals surface area contributed by atoms with Crippen molar-refractivity contribution in [1.29, 1.82) is 0 Å². The number of esters is 4. The van der Waals surface area contributed by atoms with Crippen molar-refractivity contribution in [3.63, 3.8) is 0 Å². The Hall–Kier alpha value is -8.76. The molecule has 0 fully saturated rings. The Kier molecular flexibility index (Phi) is 11.4. The van der Waals surface area contributed by atoms with Gasteiger partial charge in [0, 0.05) is 58.4 Å². The molecule has 0 atom stereocenters. The minimum Gasteiger partial charge on any atom is -0.456 e. The van der Waals surface area contributed by atoms with Crippen LogP contribution >= 0.6 is 0 Å². The van der Waals surface area contributed by atoms with Crippen LogP contribution in [0.2, 0.25) is 0 Å². The van der Waals surface area contributed by atoms with Crippen LogP contribution in [0, 0.1) is 27.7 Å². The molecule has 0 spiro atoms. The molecule has 10 nitrogen and oxygen atoms in total. The first kappa shape index (κ1) is 43.1. The van der Waals surface area contributed by atoms with Crippen molar-refractivity contribution in [2.45, 2.75) is 39.5 Å². The van der Waals surface area contributed by atoms with E-state index < -0.39 is 35.7 Å². The standard InChI is InChI=1S/C58H42O10/c1-33-9-5-13-37(25-33)55(59)63-41-17-21-45-49(29-41)67-50-30-42(64-56(60)38-14-6-10-34(2)26-38)18-22-46(50)53(45)54-47-23-19-43(65-57(61)39-15-7-11-35(3)27-39)31-51(47)68-52-32-44(20-24-48(52)54)66-58(62)40-16-8-12-36(4)28-40/h5-32,53-54H,1-4H3. The van der Waals surface area contributed by atoms with Gasteiger partial charge in [-0.15, -0.1) is 0 Å². The summed E-state index contributed by atoms with van der Waals surface area (Å²) in [7, 11) is 0. The molecule has 0 radical (unpaired) electrons. The van der Waals surface area contributed by atoms with E-state index in [2.05, 4.69) is 0 Å². The van der Waals surface area contributed by atoms with E-state index in [1.807, 2.05) is 76.2 Å². The van der Waals surface area contributed by atoms with Crippen molar-refractivity contribution in [3.05, 3.63) is 237 Å². The lowest BCUT2D eigenvalue weighted by molar-refractivity contribution is 0.0724. The van der Waals surface area contributed by atoms with Crippen LogP contribution in [0.5, 0.6) is 46.0 Å². The number of rotatable bonds is 9. The molecule has 68 heavy (non-hydrogen) atoms. The number of benzene rings is 8. The van der Waals surface area contributed by atoms with Crippen molar-refractivity contribution >= 4 is 23.9 Å². The van der Waals surface area contributed by atoms with Gasteiger partial charge in [0.1, 0.15) is 46.0 Å². The third-order valence-electron chi connectivity index (χ3n) is 11.9. The van der Waals surface area contributed by atoms with Gasteiger partial charge in [-0.25, -0.2) is 19.2 Å². The number of fused-ring (bicyclic) bond motifs is 4. The monoisotopic (exact) mass is 898 g/mol. The van der Waals surface area contributed by atoms with Crippen molar-refractivity contribution in [1.82, 2.24) is 0 Å². The molecule has 0 amide bonds. The Morgan fingerprint density at radius 1 is 0.324 bits per heavy atom. The Balaban J connectivity index is 1.08. The smallest absolute Gasteiger partial charge is 0.343 e. The van der Waals surface area contributed by atoms with Crippen LogP contribution in [-0.4, -0.2) is 23.9 Å². The molecule has 2 heterocycles. The maximum absolute atomic E-state index is 13.4. The number of hydrogen-bond acceptors (Lipinski definition) is 10. The molecule has 0 aliphatic carbocycles. The third-order valence-corrected chi connectivity index (χ3v) is 11.9. The SMILES string of the molecule is Cc1cccc(C(=O)Oc2ccc3c(c2)Oc2cc(OC(=O)c4cccc(C)c4)ccc2C3C2c3ccc(OC(=O)c4cccc(C)c4)cc3Oc3cc(OC(=O)c4cccc(C)c4)ccc32)c1. The molecule has 334 valence electrons. The lowest BCUT2D eigenvalue weighted by Gasteiger charge is -2.38. The molecule has 0 bridgehead atoms. The summed E-state index contributed by atoms with van der Waals surface area (Å²) >= 11 is 0. The minimum absolute atomic E-state index is 0.257. The van der Waals surface area contributed by atoms with E-state index in [-0.39, 0.29) is 23.0 Å². The number of aryl methyl sites for hydroxylation is 4. The first-order valence-electron chi connectivity index (χ1n) is 22.0. The normalized spacial score (nSPS) is 12.5. The fourth-order valence-electron chi connectivity index (χ4n) is 8.74. The summed E-state index contributed by atoms with van der Waals surface area (Å²) < 4.78 is 37.0. The van der Waals surface area contributed by atoms with Gasteiger partial charge in [0.05, 0.1) is 22.3 Å². The second kappa shape index (κ2) is 17.9. The molecule has 0 unspecified atom stereocenters. The highest BCUT2D eigenvalue weighted by atomic mass is 16.6. The van der Waals surface area contributed by atoms with Crippen molar-refractivity contribution in [2.24, 2.45) is 0 Å². The third kappa shape index (κ3) is 8.82. The molecular weight excluding hydrogens is 857 g/mol. The van der Waals surface area contributed by atoms with Crippen LogP contribution in [0.25, 0.3) is 0 Å². The molecule has 8 aromatic carbocycles. The fraction of sp³-hybridized carbons (Fsp3) is 0.103. The number of carbonyl (C=O) groups is 4. The molecule has 2 aliphatic rings. The highest BCUT2D eigenvalue weighted by molar-refractivity contribution is 5.93. The summed E-state index contributed by atoms with van der Waals surface area (Å²) in [5.74, 6) is -0.481. The minimum atomic E-state index is -0.531. The van der Waals surface area contributed by atoms with Crippen molar-refractivity contribution in [3.8, 4) is 46.0 Å². The highest BCUT2D eigenvalue weighted by Crippen LogP contribution is 2.59. The Morgan fingerprint density at radius 3 is 0.779 bits per heavy atom. The van der Waals surface area contributed by atoms with Crippen molar-refractivity contribution < 1.29 is 47.6 Å². The van der Waals surface area contributed by atoms with E-state index >= 15 is 0 Å². The van der Waals surface area contributed by atoms with Gasteiger partial charge in [-0.2, -0.15) is 0 Å². The maximum Gasteiger partial charge on any atom is 0.343 e. The largest absolute Gasteiger partial charge is 0.456 e. The van der Waals surface area contributed by atoms with Gasteiger partial charge in [-0.1, -0.05) is 95.1 Å². The molecule has 10 rings (SSSR count). The second-order valence-electron chi connectivity index (χ2n) is 17.0. The van der Waals surface area contributed by atoms with Gasteiger partial charge in [0.15, 0.2) is 0 Å².